The van der Waals surface area contributed by atoms with Crippen LogP contribution in [0, 0.1) is 0 Å². The van der Waals surface area contributed by atoms with Gasteiger partial charge in [0.25, 0.3) is 0 Å². The van der Waals surface area contributed by atoms with Gasteiger partial charge in [-0.3, -0.25) is 0 Å². The predicted molar refractivity (Wildman–Crippen MR) is 69.4 cm³/mol. The molecule has 1 aliphatic heterocycles. The molecule has 1 aliphatic rings. The van der Waals surface area contributed by atoms with E-state index in [0.717, 1.165) is 12.0 Å². The van der Waals surface area contributed by atoms with Crippen LogP contribution in [-0.2, 0) is 4.79 Å². The Morgan fingerprint density at radius 3 is 2.56 bits per heavy atom. The zero-order valence-electron chi connectivity index (χ0n) is 11.6. The number of carbonyl (C=O) groups excluding carboxylic acids is 1. The third kappa shape index (κ3) is 2.83. The van der Waals surface area contributed by atoms with Crippen molar-refractivity contribution in [1.29, 1.82) is 0 Å². The molecule has 0 aromatic heterocycles. The number of carbonyl (C=O) groups is 2. The topological polar surface area (TPSA) is 60.9 Å². The summed E-state index contributed by atoms with van der Waals surface area (Å²) in [6, 6.07) is -0.197. The third-order valence-electron chi connectivity index (χ3n) is 3.35. The van der Waals surface area contributed by atoms with Crippen molar-refractivity contribution in [2.24, 2.45) is 0 Å². The minimum Gasteiger partial charge on any atom is -0.480 e. The van der Waals surface area contributed by atoms with E-state index in [1.165, 1.54) is 4.90 Å². The fraction of sp³-hybridized carbons (Fsp3) is 0.692. The Bertz CT molecular complexity index is 374. The largest absolute Gasteiger partial charge is 0.480 e. The number of likely N-dealkylation sites (N-methyl/N-ethyl adjacent to an activating group) is 1. The smallest absolute Gasteiger partial charge is 0.329 e. The second kappa shape index (κ2) is 5.42. The summed E-state index contributed by atoms with van der Waals surface area (Å²) in [4.78, 5) is 26.8. The van der Waals surface area contributed by atoms with Crippen LogP contribution in [0.2, 0.25) is 0 Å². The lowest BCUT2D eigenvalue weighted by molar-refractivity contribution is -0.147. The Labute approximate surface area is 108 Å². The SMILES string of the molecule is CCN(C(=O)N1CCC=C(C)C1)C(C)(C)C(=O)O. The molecule has 18 heavy (non-hydrogen) atoms. The number of carboxylic acids is 1. The Morgan fingerprint density at radius 1 is 1.50 bits per heavy atom. The number of carboxylic acid groups (broad SMARTS) is 1. The second-order valence-corrected chi connectivity index (χ2v) is 5.15. The van der Waals surface area contributed by atoms with Crippen LogP contribution in [0.3, 0.4) is 0 Å². The zero-order valence-corrected chi connectivity index (χ0v) is 11.6. The number of nitrogens with zero attached hydrogens (tertiary/aromatic N) is 2. The quantitative estimate of drug-likeness (QED) is 0.783. The highest BCUT2D eigenvalue weighted by molar-refractivity contribution is 5.85. The lowest BCUT2D eigenvalue weighted by Gasteiger charge is -2.39. The molecule has 5 heteroatoms. The lowest BCUT2D eigenvalue weighted by atomic mass is 10.0. The van der Waals surface area contributed by atoms with Crippen LogP contribution in [0.1, 0.15) is 34.1 Å². The maximum atomic E-state index is 12.4. The van der Waals surface area contributed by atoms with Crippen molar-refractivity contribution in [3.63, 3.8) is 0 Å². The first-order chi connectivity index (χ1) is 8.30. The van der Waals surface area contributed by atoms with Gasteiger partial charge in [0, 0.05) is 19.6 Å². The number of hydrogen-bond acceptors (Lipinski definition) is 2. The van der Waals surface area contributed by atoms with Gasteiger partial charge in [0.15, 0.2) is 0 Å². The van der Waals surface area contributed by atoms with Crippen LogP contribution in [0.5, 0.6) is 0 Å². The standard InChI is InChI=1S/C13H22N2O3/c1-5-15(13(3,4)11(16)17)12(18)14-8-6-7-10(2)9-14/h7H,5-6,8-9H2,1-4H3,(H,16,17). The number of hydrogen-bond donors (Lipinski definition) is 1. The minimum atomic E-state index is -1.18. The van der Waals surface area contributed by atoms with E-state index in [1.807, 2.05) is 6.92 Å². The van der Waals surface area contributed by atoms with E-state index in [4.69, 9.17) is 0 Å². The van der Waals surface area contributed by atoms with Gasteiger partial charge >= 0.3 is 12.0 Å². The summed E-state index contributed by atoms with van der Waals surface area (Å²) >= 11 is 0. The Hall–Kier alpha value is -1.52. The summed E-state index contributed by atoms with van der Waals surface area (Å²) in [5, 5.41) is 9.22. The van der Waals surface area contributed by atoms with E-state index in [1.54, 1.807) is 25.7 Å². The van der Waals surface area contributed by atoms with E-state index < -0.39 is 11.5 Å². The molecule has 0 radical (unpaired) electrons. The Morgan fingerprint density at radius 2 is 2.11 bits per heavy atom. The lowest BCUT2D eigenvalue weighted by Crippen LogP contribution is -2.57. The molecule has 1 heterocycles. The molecule has 102 valence electrons. The van der Waals surface area contributed by atoms with Crippen LogP contribution in [-0.4, -0.2) is 52.1 Å². The van der Waals surface area contributed by atoms with E-state index in [9.17, 15) is 14.7 Å². The highest BCUT2D eigenvalue weighted by atomic mass is 16.4. The molecule has 5 nitrogen and oxygen atoms in total. The molecule has 0 saturated carbocycles. The van der Waals surface area contributed by atoms with Crippen LogP contribution < -0.4 is 0 Å². The van der Waals surface area contributed by atoms with Gasteiger partial charge in [-0.1, -0.05) is 11.6 Å². The van der Waals surface area contributed by atoms with Crippen molar-refractivity contribution >= 4 is 12.0 Å². The number of aliphatic carboxylic acids is 1. The van der Waals surface area contributed by atoms with Crippen molar-refractivity contribution in [2.45, 2.75) is 39.7 Å². The summed E-state index contributed by atoms with van der Waals surface area (Å²) in [7, 11) is 0. The molecule has 0 bridgehead atoms. The average molecular weight is 254 g/mol. The summed E-state index contributed by atoms with van der Waals surface area (Å²) < 4.78 is 0. The van der Waals surface area contributed by atoms with Crippen LogP contribution in [0.4, 0.5) is 4.79 Å². The second-order valence-electron chi connectivity index (χ2n) is 5.15. The molecule has 0 unspecified atom stereocenters. The first kappa shape index (κ1) is 14.5. The highest BCUT2D eigenvalue weighted by Gasteiger charge is 2.38. The molecular weight excluding hydrogens is 232 g/mol. The molecule has 0 spiro atoms. The van der Waals surface area contributed by atoms with Crippen LogP contribution >= 0.6 is 0 Å². The van der Waals surface area contributed by atoms with Crippen molar-refractivity contribution < 1.29 is 14.7 Å². The summed E-state index contributed by atoms with van der Waals surface area (Å²) in [6.45, 7) is 8.53. The number of rotatable bonds is 3. The summed E-state index contributed by atoms with van der Waals surface area (Å²) in [5.74, 6) is -0.984. The van der Waals surface area contributed by atoms with Crippen molar-refractivity contribution in [1.82, 2.24) is 9.80 Å². The van der Waals surface area contributed by atoms with Crippen molar-refractivity contribution in [3.8, 4) is 0 Å². The van der Waals surface area contributed by atoms with Gasteiger partial charge in [-0.25, -0.2) is 9.59 Å². The predicted octanol–water partition coefficient (Wildman–Crippen LogP) is 1.94. The fourth-order valence-corrected chi connectivity index (χ4v) is 2.13. The summed E-state index contributed by atoms with van der Waals surface area (Å²) in [6.07, 6.45) is 2.95. The molecule has 0 aromatic carbocycles. The number of urea groups is 1. The molecule has 2 amide bonds. The van der Waals surface area contributed by atoms with E-state index in [-0.39, 0.29) is 6.03 Å². The Kier molecular flexibility index (Phi) is 4.38. The molecule has 1 N–H and O–H groups in total. The van der Waals surface area contributed by atoms with Crippen LogP contribution in [0.15, 0.2) is 11.6 Å². The molecular formula is C13H22N2O3. The molecule has 0 saturated heterocycles. The molecule has 1 rings (SSSR count). The first-order valence-electron chi connectivity index (χ1n) is 6.26. The van der Waals surface area contributed by atoms with Crippen molar-refractivity contribution in [3.05, 3.63) is 11.6 Å². The molecule has 0 aliphatic carbocycles. The van der Waals surface area contributed by atoms with Gasteiger partial charge in [-0.15, -0.1) is 0 Å². The monoisotopic (exact) mass is 254 g/mol. The summed E-state index contributed by atoms with van der Waals surface area (Å²) in [5.41, 5.74) is -0.0280. The van der Waals surface area contributed by atoms with Crippen LogP contribution in [0.25, 0.3) is 0 Å². The maximum absolute atomic E-state index is 12.4. The van der Waals surface area contributed by atoms with Gasteiger partial charge in [0.05, 0.1) is 0 Å². The van der Waals surface area contributed by atoms with E-state index >= 15 is 0 Å². The molecule has 0 atom stereocenters. The van der Waals surface area contributed by atoms with Gasteiger partial charge in [-0.2, -0.15) is 0 Å². The normalized spacial score (nSPS) is 16.2. The van der Waals surface area contributed by atoms with Gasteiger partial charge in [-0.05, 0) is 34.1 Å². The average Bonchev–Trinajstić information content (AvgIpc) is 2.29. The van der Waals surface area contributed by atoms with Gasteiger partial charge in [0.2, 0.25) is 0 Å². The third-order valence-corrected chi connectivity index (χ3v) is 3.35. The van der Waals surface area contributed by atoms with Gasteiger partial charge in [0.1, 0.15) is 5.54 Å². The molecule has 0 fully saturated rings. The molecule has 0 aromatic rings. The minimum absolute atomic E-state index is 0.197. The zero-order chi connectivity index (χ0) is 13.9. The van der Waals surface area contributed by atoms with E-state index in [2.05, 4.69) is 6.08 Å². The first-order valence-corrected chi connectivity index (χ1v) is 6.26. The van der Waals surface area contributed by atoms with Gasteiger partial charge < -0.3 is 14.9 Å². The van der Waals surface area contributed by atoms with Crippen molar-refractivity contribution in [2.75, 3.05) is 19.6 Å². The van der Waals surface area contributed by atoms with E-state index in [0.29, 0.717) is 19.6 Å². The Balaban J connectivity index is 2.86. The maximum Gasteiger partial charge on any atom is 0.329 e. The highest BCUT2D eigenvalue weighted by Crippen LogP contribution is 2.19. The fourth-order valence-electron chi connectivity index (χ4n) is 2.13. The number of amides is 2.